The van der Waals surface area contributed by atoms with Gasteiger partial charge in [-0.3, -0.25) is 0 Å². The number of aromatic carboxylic acids is 1. The van der Waals surface area contributed by atoms with E-state index in [1.54, 1.807) is 6.07 Å². The maximum Gasteiger partial charge on any atom is 0.335 e. The Morgan fingerprint density at radius 2 is 1.35 bits per heavy atom. The van der Waals surface area contributed by atoms with Gasteiger partial charge in [-0.05, 0) is 28.8 Å². The minimum absolute atomic E-state index is 0.0930. The third-order valence-corrected chi connectivity index (χ3v) is 6.46. The zero-order valence-corrected chi connectivity index (χ0v) is 14.5. The fourth-order valence-corrected chi connectivity index (χ4v) is 4.58. The van der Waals surface area contributed by atoms with Gasteiger partial charge in [0.15, 0.2) is 0 Å². The Kier molecular flexibility index (Phi) is 3.23. The van der Waals surface area contributed by atoms with Crippen LogP contribution in [0.1, 0.15) is 61.7 Å². The van der Waals surface area contributed by atoms with Crippen molar-refractivity contribution in [3.8, 4) is 0 Å². The van der Waals surface area contributed by atoms with Gasteiger partial charge in [-0.2, -0.15) is 0 Å². The molecule has 0 fully saturated rings. The predicted molar refractivity (Wildman–Crippen MR) is 93.2 cm³/mol. The quantitative estimate of drug-likeness (QED) is 0.855. The number of hydrogen-bond donors (Lipinski definition) is 1. The van der Waals surface area contributed by atoms with Crippen molar-refractivity contribution in [2.24, 2.45) is 0 Å². The zero-order chi connectivity index (χ0) is 17.0. The summed E-state index contributed by atoms with van der Waals surface area (Å²) in [4.78, 5) is 11.4. The maximum atomic E-state index is 11.4. The molecule has 2 nitrogen and oxygen atoms in total. The van der Waals surface area contributed by atoms with Gasteiger partial charge in [0.1, 0.15) is 0 Å². The Morgan fingerprint density at radius 3 is 1.83 bits per heavy atom. The van der Waals surface area contributed by atoms with Crippen molar-refractivity contribution in [1.29, 1.82) is 0 Å². The summed E-state index contributed by atoms with van der Waals surface area (Å²) in [7, 11) is 0. The molecule has 0 amide bonds. The lowest BCUT2D eigenvalue weighted by Gasteiger charge is -2.48. The molecule has 2 aromatic carbocycles. The largest absolute Gasteiger partial charge is 0.478 e. The average Bonchev–Trinajstić information content (AvgIpc) is 2.65. The van der Waals surface area contributed by atoms with E-state index in [0.29, 0.717) is 5.56 Å². The van der Waals surface area contributed by atoms with E-state index in [-0.39, 0.29) is 16.2 Å². The van der Waals surface area contributed by atoms with E-state index in [0.717, 1.165) is 5.56 Å². The summed E-state index contributed by atoms with van der Waals surface area (Å²) in [5.41, 5.74) is 3.76. The van der Waals surface area contributed by atoms with Crippen LogP contribution in [0.25, 0.3) is 0 Å². The number of carboxylic acids is 1. The van der Waals surface area contributed by atoms with Gasteiger partial charge in [0.25, 0.3) is 0 Å². The van der Waals surface area contributed by atoms with Crippen LogP contribution in [-0.4, -0.2) is 11.1 Å². The summed E-state index contributed by atoms with van der Waals surface area (Å²) < 4.78 is 0. The van der Waals surface area contributed by atoms with Crippen LogP contribution in [0.2, 0.25) is 0 Å². The minimum Gasteiger partial charge on any atom is -0.478 e. The standard InChI is InChI=1S/C21H24O2/c1-19(2)16-11-6-7-12-17(16)20(3,4)21(19,5)15-10-8-9-14(13-15)18(22)23/h6-13H,1-5H3,(H,22,23). The first-order valence-corrected chi connectivity index (χ1v) is 8.08. The summed E-state index contributed by atoms with van der Waals surface area (Å²) in [6.07, 6.45) is 0. The highest BCUT2D eigenvalue weighted by Crippen LogP contribution is 2.62. The van der Waals surface area contributed by atoms with Crippen molar-refractivity contribution < 1.29 is 9.90 Å². The molecule has 0 saturated heterocycles. The van der Waals surface area contributed by atoms with Gasteiger partial charge >= 0.3 is 5.97 Å². The van der Waals surface area contributed by atoms with Gasteiger partial charge in [0.2, 0.25) is 0 Å². The molecule has 0 saturated carbocycles. The highest BCUT2D eigenvalue weighted by atomic mass is 16.4. The molecular formula is C21H24O2. The normalized spacial score (nSPS) is 20.0. The van der Waals surface area contributed by atoms with Crippen LogP contribution in [0.15, 0.2) is 48.5 Å². The van der Waals surface area contributed by atoms with Crippen LogP contribution in [0.3, 0.4) is 0 Å². The molecule has 0 radical (unpaired) electrons. The lowest BCUT2D eigenvalue weighted by atomic mass is 9.55. The molecule has 23 heavy (non-hydrogen) atoms. The number of carbonyl (C=O) groups is 1. The fourth-order valence-electron chi connectivity index (χ4n) is 4.58. The average molecular weight is 308 g/mol. The third-order valence-electron chi connectivity index (χ3n) is 6.46. The van der Waals surface area contributed by atoms with Crippen molar-refractivity contribution in [3.63, 3.8) is 0 Å². The molecule has 0 spiro atoms. The SMILES string of the molecule is CC1(C)c2ccccc2C(C)(C)C1(C)c1cccc(C(=O)O)c1. The first kappa shape index (κ1) is 15.8. The highest BCUT2D eigenvalue weighted by molar-refractivity contribution is 5.88. The fraction of sp³-hybridized carbons (Fsp3) is 0.381. The molecule has 2 aromatic rings. The van der Waals surface area contributed by atoms with Gasteiger partial charge in [-0.25, -0.2) is 4.79 Å². The maximum absolute atomic E-state index is 11.4. The van der Waals surface area contributed by atoms with Gasteiger partial charge in [0.05, 0.1) is 5.56 Å². The lowest BCUT2D eigenvalue weighted by molar-refractivity contribution is 0.0696. The Balaban J connectivity index is 2.30. The first-order valence-electron chi connectivity index (χ1n) is 8.08. The van der Waals surface area contributed by atoms with E-state index in [9.17, 15) is 9.90 Å². The van der Waals surface area contributed by atoms with E-state index in [1.807, 2.05) is 12.1 Å². The van der Waals surface area contributed by atoms with Crippen molar-refractivity contribution in [2.75, 3.05) is 0 Å². The first-order chi connectivity index (χ1) is 10.6. The van der Waals surface area contributed by atoms with Crippen LogP contribution in [0.4, 0.5) is 0 Å². The summed E-state index contributed by atoms with van der Waals surface area (Å²) in [5.74, 6) is -0.874. The molecule has 0 atom stereocenters. The van der Waals surface area contributed by atoms with Crippen molar-refractivity contribution in [2.45, 2.75) is 50.9 Å². The van der Waals surface area contributed by atoms with E-state index in [4.69, 9.17) is 0 Å². The summed E-state index contributed by atoms with van der Waals surface area (Å²) in [6, 6.07) is 16.1. The Bertz CT molecular complexity index is 749. The molecule has 0 aliphatic heterocycles. The molecule has 0 bridgehead atoms. The van der Waals surface area contributed by atoms with Crippen LogP contribution < -0.4 is 0 Å². The van der Waals surface area contributed by atoms with Crippen LogP contribution in [0, 0.1) is 0 Å². The Hall–Kier alpha value is -2.09. The molecule has 0 aromatic heterocycles. The van der Waals surface area contributed by atoms with E-state index < -0.39 is 5.97 Å². The van der Waals surface area contributed by atoms with E-state index in [1.165, 1.54) is 11.1 Å². The van der Waals surface area contributed by atoms with E-state index >= 15 is 0 Å². The molecule has 0 unspecified atom stereocenters. The van der Waals surface area contributed by atoms with Crippen molar-refractivity contribution in [1.82, 2.24) is 0 Å². The van der Waals surface area contributed by atoms with Crippen LogP contribution >= 0.6 is 0 Å². The predicted octanol–water partition coefficient (Wildman–Crippen LogP) is 4.91. The van der Waals surface area contributed by atoms with Crippen molar-refractivity contribution in [3.05, 3.63) is 70.8 Å². The molecule has 2 heteroatoms. The second kappa shape index (κ2) is 4.70. The Morgan fingerprint density at radius 1 is 0.826 bits per heavy atom. The topological polar surface area (TPSA) is 37.3 Å². The number of benzene rings is 2. The number of rotatable bonds is 2. The molecule has 1 N–H and O–H groups in total. The molecule has 0 heterocycles. The monoisotopic (exact) mass is 308 g/mol. The highest BCUT2D eigenvalue weighted by Gasteiger charge is 2.60. The van der Waals surface area contributed by atoms with Gasteiger partial charge in [-0.1, -0.05) is 71.0 Å². The van der Waals surface area contributed by atoms with Crippen LogP contribution in [0.5, 0.6) is 0 Å². The van der Waals surface area contributed by atoms with Crippen molar-refractivity contribution >= 4 is 5.97 Å². The smallest absolute Gasteiger partial charge is 0.335 e. The Labute approximate surface area is 138 Å². The molecule has 1 aliphatic carbocycles. The molecule has 120 valence electrons. The minimum atomic E-state index is -0.874. The van der Waals surface area contributed by atoms with Crippen LogP contribution in [-0.2, 0) is 16.2 Å². The van der Waals surface area contributed by atoms with Gasteiger partial charge in [0, 0.05) is 16.2 Å². The second-order valence-electron chi connectivity index (χ2n) is 7.81. The summed E-state index contributed by atoms with van der Waals surface area (Å²) in [6.45, 7) is 11.4. The summed E-state index contributed by atoms with van der Waals surface area (Å²) >= 11 is 0. The van der Waals surface area contributed by atoms with E-state index in [2.05, 4.69) is 65.0 Å². The molecule has 1 aliphatic rings. The molecule has 3 rings (SSSR count). The summed E-state index contributed by atoms with van der Waals surface area (Å²) in [5, 5.41) is 9.37. The zero-order valence-electron chi connectivity index (χ0n) is 14.5. The lowest BCUT2D eigenvalue weighted by Crippen LogP contribution is -2.49. The molecular weight excluding hydrogens is 284 g/mol. The number of hydrogen-bond acceptors (Lipinski definition) is 1. The van der Waals surface area contributed by atoms with Gasteiger partial charge < -0.3 is 5.11 Å². The second-order valence-corrected chi connectivity index (χ2v) is 7.81. The number of carboxylic acid groups (broad SMARTS) is 1. The van der Waals surface area contributed by atoms with Gasteiger partial charge in [-0.15, -0.1) is 0 Å². The number of fused-ring (bicyclic) bond motifs is 1. The third kappa shape index (κ3) is 1.84.